The minimum atomic E-state index is -0.908. The molecule has 2 heterocycles. The summed E-state index contributed by atoms with van der Waals surface area (Å²) in [6.07, 6.45) is -0.489. The predicted octanol–water partition coefficient (Wildman–Crippen LogP) is 4.85. The maximum atomic E-state index is 12.2. The molecule has 4 aromatic rings. The predicted molar refractivity (Wildman–Crippen MR) is 118 cm³/mol. The number of ether oxygens (including phenoxy) is 2. The molecule has 1 amide bonds. The van der Waals surface area contributed by atoms with Crippen LogP contribution in [0, 0.1) is 0 Å². The third-order valence-electron chi connectivity index (χ3n) is 4.70. The first-order valence-electron chi connectivity index (χ1n) is 10.2. The fraction of sp³-hybridized carbons (Fsp3) is 0.292. The maximum absolute atomic E-state index is 12.2. The number of carbonyl (C=O) groups is 2. The van der Waals surface area contributed by atoms with Crippen LogP contribution in [0.15, 0.2) is 57.4 Å². The number of carbonyl (C=O) groups excluding carboxylic acids is 2. The van der Waals surface area contributed by atoms with E-state index in [1.54, 1.807) is 32.9 Å². The van der Waals surface area contributed by atoms with E-state index < -0.39 is 23.7 Å². The summed E-state index contributed by atoms with van der Waals surface area (Å²) in [6, 6.07) is 14.0. The monoisotopic (exact) mass is 436 g/mol. The summed E-state index contributed by atoms with van der Waals surface area (Å²) in [7, 11) is 1.27. The Labute approximate surface area is 184 Å². The largest absolute Gasteiger partial charge is 0.467 e. The third-order valence-corrected chi connectivity index (χ3v) is 4.70. The van der Waals surface area contributed by atoms with Gasteiger partial charge >= 0.3 is 12.1 Å². The molecular weight excluding hydrogens is 412 g/mol. The summed E-state index contributed by atoms with van der Waals surface area (Å²) in [4.78, 5) is 28.9. The minimum Gasteiger partial charge on any atom is -0.467 e. The highest BCUT2D eigenvalue weighted by Gasteiger charge is 2.25. The summed E-state index contributed by atoms with van der Waals surface area (Å²) in [5.41, 5.74) is 2.03. The van der Waals surface area contributed by atoms with Gasteiger partial charge in [-0.15, -0.1) is 0 Å². The lowest BCUT2D eigenvalue weighted by Gasteiger charge is -2.22. The number of benzene rings is 2. The van der Waals surface area contributed by atoms with Crippen molar-refractivity contribution in [3.05, 3.63) is 54.1 Å². The summed E-state index contributed by atoms with van der Waals surface area (Å²) >= 11 is 0. The number of rotatable bonds is 5. The van der Waals surface area contributed by atoms with Crippen LogP contribution in [-0.4, -0.2) is 35.8 Å². The van der Waals surface area contributed by atoms with Crippen LogP contribution in [0.3, 0.4) is 0 Å². The highest BCUT2D eigenvalue weighted by molar-refractivity contribution is 5.84. The molecule has 0 radical (unpaired) electrons. The van der Waals surface area contributed by atoms with Crippen LogP contribution in [0.4, 0.5) is 4.79 Å². The number of hydrogen-bond donors (Lipinski definition) is 1. The van der Waals surface area contributed by atoms with E-state index in [1.807, 2.05) is 36.4 Å². The van der Waals surface area contributed by atoms with E-state index in [0.717, 1.165) is 16.5 Å². The van der Waals surface area contributed by atoms with Crippen LogP contribution in [-0.2, 0) is 20.7 Å². The number of hydrogen-bond acceptors (Lipinski definition) is 7. The molecule has 0 unspecified atom stereocenters. The molecule has 2 aromatic heterocycles. The number of para-hydroxylation sites is 1. The second kappa shape index (κ2) is 8.37. The summed E-state index contributed by atoms with van der Waals surface area (Å²) in [5.74, 6) is 0.326. The van der Waals surface area contributed by atoms with Crippen LogP contribution in [0.2, 0.25) is 0 Å². The lowest BCUT2D eigenvalue weighted by atomic mass is 10.1. The van der Waals surface area contributed by atoms with Crippen LogP contribution in [0.5, 0.6) is 0 Å². The molecule has 0 bridgehead atoms. The lowest BCUT2D eigenvalue weighted by molar-refractivity contribution is -0.143. The van der Waals surface area contributed by atoms with E-state index in [2.05, 4.69) is 10.3 Å². The molecule has 0 aliphatic rings. The number of esters is 1. The Bertz CT molecular complexity index is 1250. The van der Waals surface area contributed by atoms with Gasteiger partial charge in [-0.1, -0.05) is 24.3 Å². The van der Waals surface area contributed by atoms with Crippen LogP contribution < -0.4 is 5.32 Å². The van der Waals surface area contributed by atoms with Crippen molar-refractivity contribution in [3.63, 3.8) is 0 Å². The number of nitrogens with zero attached hydrogens (tertiary/aromatic N) is 1. The molecule has 4 rings (SSSR count). The summed E-state index contributed by atoms with van der Waals surface area (Å²) in [5, 5.41) is 3.53. The zero-order valence-electron chi connectivity index (χ0n) is 18.3. The topological polar surface area (TPSA) is 104 Å². The van der Waals surface area contributed by atoms with Crippen molar-refractivity contribution >= 4 is 34.1 Å². The van der Waals surface area contributed by atoms with Gasteiger partial charge in [-0.25, -0.2) is 14.6 Å². The molecule has 166 valence electrons. The van der Waals surface area contributed by atoms with Crippen LogP contribution in [0.1, 0.15) is 26.3 Å². The Morgan fingerprint density at radius 2 is 1.84 bits per heavy atom. The van der Waals surface area contributed by atoms with E-state index in [1.165, 1.54) is 7.11 Å². The highest BCUT2D eigenvalue weighted by Crippen LogP contribution is 2.30. The normalized spacial score (nSPS) is 12.6. The number of methoxy groups -OCH3 is 1. The molecule has 2 aromatic carbocycles. The number of amides is 1. The molecule has 0 spiro atoms. The molecule has 0 saturated carbocycles. The Balaban J connectivity index is 1.56. The number of fused-ring (bicyclic) bond motifs is 2. The van der Waals surface area contributed by atoms with Crippen molar-refractivity contribution in [2.75, 3.05) is 7.11 Å². The fourth-order valence-corrected chi connectivity index (χ4v) is 3.31. The number of furan rings is 1. The van der Waals surface area contributed by atoms with Crippen molar-refractivity contribution in [3.8, 4) is 11.7 Å². The minimum absolute atomic E-state index is 0.203. The van der Waals surface area contributed by atoms with E-state index in [4.69, 9.17) is 18.3 Å². The molecule has 0 aliphatic heterocycles. The number of nitrogens with one attached hydrogen (secondary N) is 1. The average molecular weight is 436 g/mol. The van der Waals surface area contributed by atoms with Crippen molar-refractivity contribution in [2.45, 2.75) is 38.8 Å². The first-order valence-corrected chi connectivity index (χ1v) is 10.2. The molecule has 0 saturated heterocycles. The van der Waals surface area contributed by atoms with Crippen molar-refractivity contribution < 1.29 is 27.9 Å². The Morgan fingerprint density at radius 1 is 1.06 bits per heavy atom. The molecule has 0 fully saturated rings. The third kappa shape index (κ3) is 4.74. The van der Waals surface area contributed by atoms with Gasteiger partial charge in [0.05, 0.1) is 7.11 Å². The SMILES string of the molecule is COC(=O)[C@H](Cc1ccc2oc(-c3cc4ccccc4o3)nc2c1)NC(=O)OC(C)(C)C. The first kappa shape index (κ1) is 21.4. The van der Waals surface area contributed by atoms with E-state index in [0.29, 0.717) is 22.8 Å². The van der Waals surface area contributed by atoms with Gasteiger partial charge in [0.2, 0.25) is 0 Å². The van der Waals surface area contributed by atoms with Crippen molar-refractivity contribution in [1.82, 2.24) is 10.3 Å². The molecule has 1 N–H and O–H groups in total. The number of oxazole rings is 1. The molecule has 8 heteroatoms. The Morgan fingerprint density at radius 3 is 2.56 bits per heavy atom. The number of alkyl carbamates (subject to hydrolysis) is 1. The van der Waals surface area contributed by atoms with Gasteiger partial charge in [0, 0.05) is 11.8 Å². The van der Waals surface area contributed by atoms with Gasteiger partial charge in [-0.3, -0.25) is 0 Å². The molecule has 32 heavy (non-hydrogen) atoms. The standard InChI is InChI=1S/C24H24N2O6/c1-24(2,3)32-23(28)26-17(22(27)29-4)12-14-9-10-19-16(11-14)25-21(31-19)20-13-15-7-5-6-8-18(15)30-20/h5-11,13,17H,12H2,1-4H3,(H,26,28)/t17-/m0/s1. The van der Waals surface area contributed by atoms with Crippen molar-refractivity contribution in [1.29, 1.82) is 0 Å². The first-order chi connectivity index (χ1) is 15.2. The maximum Gasteiger partial charge on any atom is 0.408 e. The molecular formula is C24H24N2O6. The van der Waals surface area contributed by atoms with Gasteiger partial charge in [-0.05, 0) is 50.6 Å². The smallest absolute Gasteiger partial charge is 0.408 e. The molecule has 8 nitrogen and oxygen atoms in total. The summed E-state index contributed by atoms with van der Waals surface area (Å²) < 4.78 is 21.8. The summed E-state index contributed by atoms with van der Waals surface area (Å²) in [6.45, 7) is 5.24. The van der Waals surface area contributed by atoms with Crippen LogP contribution >= 0.6 is 0 Å². The Kier molecular flexibility index (Phi) is 5.61. The fourth-order valence-electron chi connectivity index (χ4n) is 3.31. The highest BCUT2D eigenvalue weighted by atomic mass is 16.6. The van der Waals surface area contributed by atoms with Gasteiger partial charge in [0.1, 0.15) is 22.7 Å². The zero-order valence-corrected chi connectivity index (χ0v) is 18.3. The number of aromatic nitrogens is 1. The van der Waals surface area contributed by atoms with Gasteiger partial charge < -0.3 is 23.6 Å². The Hall–Kier alpha value is -3.81. The van der Waals surface area contributed by atoms with E-state index in [9.17, 15) is 9.59 Å². The van der Waals surface area contributed by atoms with Gasteiger partial charge in [0.15, 0.2) is 11.3 Å². The second-order valence-electron chi connectivity index (χ2n) is 8.40. The molecule has 0 aliphatic carbocycles. The van der Waals surface area contributed by atoms with E-state index >= 15 is 0 Å². The zero-order chi connectivity index (χ0) is 22.9. The van der Waals surface area contributed by atoms with E-state index in [-0.39, 0.29) is 6.42 Å². The van der Waals surface area contributed by atoms with Crippen molar-refractivity contribution in [2.24, 2.45) is 0 Å². The lowest BCUT2D eigenvalue weighted by Crippen LogP contribution is -2.45. The van der Waals surface area contributed by atoms with Crippen LogP contribution in [0.25, 0.3) is 33.7 Å². The quantitative estimate of drug-likeness (QED) is 0.446. The van der Waals surface area contributed by atoms with Gasteiger partial charge in [0.25, 0.3) is 5.89 Å². The average Bonchev–Trinajstić information content (AvgIpc) is 3.34. The second-order valence-corrected chi connectivity index (χ2v) is 8.40. The van der Waals surface area contributed by atoms with Gasteiger partial charge in [-0.2, -0.15) is 0 Å². The molecule has 1 atom stereocenters.